The highest BCUT2D eigenvalue weighted by Crippen LogP contribution is 2.37. The number of ketones is 1. The Morgan fingerprint density at radius 3 is 2.33 bits per heavy atom. The molecule has 314 valence electrons. The molecule has 0 bridgehead atoms. The van der Waals surface area contributed by atoms with E-state index in [0.717, 1.165) is 0 Å². The number of allylic oxidation sites excluding steroid dienone is 3. The number of carbonyl (C=O) groups excluding carboxylic acids is 4. The number of cyclic esters (lactones) is 1. The lowest BCUT2D eigenvalue weighted by Crippen LogP contribution is -2.66. The second-order valence-corrected chi connectivity index (χ2v) is 16.2. The largest absolute Gasteiger partial charge is 0.462 e. The smallest absolute Gasteiger partial charge is 0.308 e. The molecule has 0 amide bonds. The Balaban J connectivity index is 1.90. The van der Waals surface area contributed by atoms with Crippen LogP contribution in [0.2, 0.25) is 0 Å². The number of ether oxygens (including phenoxy) is 7. The predicted octanol–water partition coefficient (Wildman–Crippen LogP) is 2.65. The summed E-state index contributed by atoms with van der Waals surface area (Å²) in [7, 11) is 4.83. The molecular weight excluding hydrogens is 718 g/mol. The summed E-state index contributed by atoms with van der Waals surface area (Å²) in [5.74, 6) is -2.50. The van der Waals surface area contributed by atoms with E-state index in [1.54, 1.807) is 71.8 Å². The standard InChI is InChI=1S/C40H65NO14/c1-22(2)18-30(45)53-38-26(6)51-32(21-40(38,7)48)54-35-25(5)52-39(34(47)33(35)41(8)9)55-36-27(16-17-42)19-23(3)28(43)15-13-11-12-14-24(4)50-31(46)20-29(44)37(36)49-10/h11-13,15,17,22-27,29,32-39,44,47-48H,14,16,18-21H2,1-10H3. The van der Waals surface area contributed by atoms with Gasteiger partial charge in [-0.3, -0.25) is 14.4 Å². The maximum absolute atomic E-state index is 13.1. The number of methoxy groups -OCH3 is 1. The van der Waals surface area contributed by atoms with E-state index in [4.69, 9.17) is 33.2 Å². The van der Waals surface area contributed by atoms with Gasteiger partial charge in [-0.2, -0.15) is 0 Å². The number of hydrogen-bond donors (Lipinski definition) is 3. The molecule has 0 aromatic carbocycles. The first kappa shape index (κ1) is 46.8. The third kappa shape index (κ3) is 13.2. The summed E-state index contributed by atoms with van der Waals surface area (Å²) in [5.41, 5.74) is -1.49. The Morgan fingerprint density at radius 2 is 1.73 bits per heavy atom. The van der Waals surface area contributed by atoms with Crippen molar-refractivity contribution < 1.29 is 67.7 Å². The van der Waals surface area contributed by atoms with Gasteiger partial charge in [0.25, 0.3) is 0 Å². The highest BCUT2D eigenvalue weighted by Gasteiger charge is 2.52. The number of hydrogen-bond acceptors (Lipinski definition) is 15. The third-order valence-electron chi connectivity index (χ3n) is 10.5. The molecular formula is C40H65NO14. The average Bonchev–Trinajstić information content (AvgIpc) is 3.06. The molecule has 2 fully saturated rings. The van der Waals surface area contributed by atoms with Crippen LogP contribution in [0.4, 0.5) is 0 Å². The van der Waals surface area contributed by atoms with Crippen LogP contribution in [-0.4, -0.2) is 145 Å². The van der Waals surface area contributed by atoms with Crippen LogP contribution in [0.15, 0.2) is 24.3 Å². The first-order valence-corrected chi connectivity index (χ1v) is 19.4. The molecule has 3 N–H and O–H groups in total. The molecule has 0 spiro atoms. The summed E-state index contributed by atoms with van der Waals surface area (Å²) in [6, 6.07) is -0.768. The number of rotatable bonds is 11. The van der Waals surface area contributed by atoms with Crippen molar-refractivity contribution in [2.24, 2.45) is 17.8 Å². The molecule has 2 saturated heterocycles. The second-order valence-electron chi connectivity index (χ2n) is 16.2. The molecule has 3 heterocycles. The van der Waals surface area contributed by atoms with Crippen molar-refractivity contribution in [2.75, 3.05) is 21.2 Å². The van der Waals surface area contributed by atoms with Crippen LogP contribution in [0.3, 0.4) is 0 Å². The summed E-state index contributed by atoms with van der Waals surface area (Å²) >= 11 is 0. The van der Waals surface area contributed by atoms with E-state index in [-0.39, 0.29) is 37.4 Å². The molecule has 0 radical (unpaired) electrons. The first-order chi connectivity index (χ1) is 25.8. The van der Waals surface area contributed by atoms with E-state index in [2.05, 4.69) is 0 Å². The third-order valence-corrected chi connectivity index (χ3v) is 10.5. The molecule has 15 heteroatoms. The zero-order chi connectivity index (χ0) is 41.2. The maximum Gasteiger partial charge on any atom is 0.308 e. The molecule has 55 heavy (non-hydrogen) atoms. The molecule has 15 atom stereocenters. The Kier molecular flexibility index (Phi) is 18.1. The zero-order valence-electron chi connectivity index (χ0n) is 34.1. The molecule has 15 unspecified atom stereocenters. The number of carbonyl (C=O) groups is 4. The minimum absolute atomic E-state index is 0.0389. The summed E-state index contributed by atoms with van der Waals surface area (Å²) < 4.78 is 42.3. The van der Waals surface area contributed by atoms with Crippen molar-refractivity contribution in [1.29, 1.82) is 0 Å². The number of likely N-dealkylation sites (N-methyl/N-ethyl adjacent to an activating group) is 1. The van der Waals surface area contributed by atoms with Gasteiger partial charge < -0.3 is 58.2 Å². The summed E-state index contributed by atoms with van der Waals surface area (Å²) in [4.78, 5) is 52.3. The SMILES string of the molecule is COC1C(O)CC(=O)OC(C)CC=CC=CC(=O)C(C)CC(CC=O)C1OC1OC(C)C(OC2CC(C)(O)C(OC(=O)CC(C)C)C(C)O2)C(N(C)C)C1O. The van der Waals surface area contributed by atoms with Crippen molar-refractivity contribution in [3.8, 4) is 0 Å². The highest BCUT2D eigenvalue weighted by atomic mass is 16.7. The Morgan fingerprint density at radius 1 is 1.04 bits per heavy atom. The molecule has 0 saturated carbocycles. The van der Waals surface area contributed by atoms with Gasteiger partial charge in [0.05, 0.1) is 36.9 Å². The van der Waals surface area contributed by atoms with Crippen LogP contribution < -0.4 is 0 Å². The van der Waals surface area contributed by atoms with Gasteiger partial charge in [0.2, 0.25) is 0 Å². The van der Waals surface area contributed by atoms with Crippen LogP contribution in [0.5, 0.6) is 0 Å². The predicted molar refractivity (Wildman–Crippen MR) is 199 cm³/mol. The lowest BCUT2D eigenvalue weighted by Gasteiger charge is -2.50. The molecule has 0 aromatic heterocycles. The fourth-order valence-corrected chi connectivity index (χ4v) is 7.68. The number of aliphatic hydroxyl groups excluding tert-OH is 2. The average molecular weight is 784 g/mol. The van der Waals surface area contributed by atoms with Gasteiger partial charge in [-0.05, 0) is 66.1 Å². The highest BCUT2D eigenvalue weighted by molar-refractivity contribution is 5.91. The van der Waals surface area contributed by atoms with Crippen molar-refractivity contribution in [3.63, 3.8) is 0 Å². The summed E-state index contributed by atoms with van der Waals surface area (Å²) in [5, 5.41) is 34.7. The fraction of sp³-hybridized carbons (Fsp3) is 0.800. The lowest BCUT2D eigenvalue weighted by atomic mass is 9.83. The van der Waals surface area contributed by atoms with Crippen molar-refractivity contribution in [3.05, 3.63) is 24.3 Å². The van der Waals surface area contributed by atoms with Gasteiger partial charge in [0, 0.05) is 38.7 Å². The quantitative estimate of drug-likeness (QED) is 0.204. The van der Waals surface area contributed by atoms with Crippen molar-refractivity contribution in [1.82, 2.24) is 4.90 Å². The molecule has 3 aliphatic rings. The monoisotopic (exact) mass is 783 g/mol. The van der Waals surface area contributed by atoms with Crippen LogP contribution in [0.1, 0.15) is 87.0 Å². The molecule has 0 aromatic rings. The number of nitrogens with zero attached hydrogens (tertiary/aromatic N) is 1. The molecule has 3 aliphatic heterocycles. The van der Waals surface area contributed by atoms with Crippen molar-refractivity contribution >= 4 is 24.0 Å². The first-order valence-electron chi connectivity index (χ1n) is 19.4. The normalized spacial score (nSPS) is 39.9. The van der Waals surface area contributed by atoms with E-state index in [1.165, 1.54) is 13.2 Å². The lowest BCUT2D eigenvalue weighted by molar-refractivity contribution is -0.344. The van der Waals surface area contributed by atoms with Gasteiger partial charge in [-0.25, -0.2) is 0 Å². The number of aliphatic hydroxyl groups is 3. The van der Waals surface area contributed by atoms with E-state index < -0.39 is 109 Å². The van der Waals surface area contributed by atoms with E-state index in [0.29, 0.717) is 12.7 Å². The van der Waals surface area contributed by atoms with E-state index in [9.17, 15) is 34.5 Å². The van der Waals surface area contributed by atoms with Crippen LogP contribution in [-0.2, 0) is 52.3 Å². The molecule has 3 rings (SSSR count). The Labute approximate surface area is 325 Å². The van der Waals surface area contributed by atoms with E-state index >= 15 is 0 Å². The fourth-order valence-electron chi connectivity index (χ4n) is 7.68. The van der Waals surface area contributed by atoms with Gasteiger partial charge in [0.1, 0.15) is 36.3 Å². The number of esters is 2. The molecule has 0 aliphatic carbocycles. The van der Waals surface area contributed by atoms with Gasteiger partial charge >= 0.3 is 11.9 Å². The van der Waals surface area contributed by atoms with Gasteiger partial charge in [0.15, 0.2) is 24.5 Å². The van der Waals surface area contributed by atoms with Crippen LogP contribution in [0, 0.1) is 17.8 Å². The maximum atomic E-state index is 13.1. The minimum atomic E-state index is -1.49. The Bertz CT molecular complexity index is 1320. The van der Waals surface area contributed by atoms with Crippen LogP contribution >= 0.6 is 0 Å². The number of aldehydes is 1. The second kappa shape index (κ2) is 21.2. The van der Waals surface area contributed by atoms with Gasteiger partial charge in [-0.1, -0.05) is 39.0 Å². The van der Waals surface area contributed by atoms with Crippen molar-refractivity contribution in [2.45, 2.75) is 166 Å². The Hall–Kier alpha value is -2.60. The van der Waals surface area contributed by atoms with Gasteiger partial charge in [-0.15, -0.1) is 0 Å². The summed E-state index contributed by atoms with van der Waals surface area (Å²) in [6.45, 7) is 12.2. The van der Waals surface area contributed by atoms with Crippen LogP contribution in [0.25, 0.3) is 0 Å². The van der Waals surface area contributed by atoms with E-state index in [1.807, 2.05) is 13.8 Å². The topological polar surface area (TPSA) is 197 Å². The minimum Gasteiger partial charge on any atom is -0.462 e. The summed E-state index contributed by atoms with van der Waals surface area (Å²) in [6.07, 6.45) is -3.87. The zero-order valence-corrected chi connectivity index (χ0v) is 34.1. The molecule has 15 nitrogen and oxygen atoms in total.